The maximum Gasteiger partial charge on any atom is 0.203 e. The first-order valence-electron chi connectivity index (χ1n) is 6.45. The second-order valence-electron chi connectivity index (χ2n) is 4.37. The van der Waals surface area contributed by atoms with Crippen molar-refractivity contribution in [2.45, 2.75) is 19.4 Å². The molecule has 5 nitrogen and oxygen atoms in total. The molecule has 0 aliphatic carbocycles. The second-order valence-corrected chi connectivity index (χ2v) is 4.37. The molecule has 1 unspecified atom stereocenters. The average Bonchev–Trinajstić information content (AvgIpc) is 2.85. The average molecular weight is 267 g/mol. The summed E-state index contributed by atoms with van der Waals surface area (Å²) in [5.74, 6) is 2.71. The van der Waals surface area contributed by atoms with Gasteiger partial charge in [-0.1, -0.05) is 6.92 Å². The zero-order valence-corrected chi connectivity index (χ0v) is 11.9. The van der Waals surface area contributed by atoms with Crippen LogP contribution in [0.25, 0.3) is 0 Å². The Hall–Kier alpha value is -1.62. The van der Waals surface area contributed by atoms with Crippen LogP contribution in [-0.2, 0) is 0 Å². The van der Waals surface area contributed by atoms with Crippen LogP contribution in [0.4, 0.5) is 0 Å². The van der Waals surface area contributed by atoms with Gasteiger partial charge in [-0.15, -0.1) is 0 Å². The molecule has 1 aliphatic rings. The minimum absolute atomic E-state index is 0.129. The highest BCUT2D eigenvalue weighted by molar-refractivity contribution is 5.63. The van der Waals surface area contributed by atoms with Crippen LogP contribution in [0.3, 0.4) is 0 Å². The lowest BCUT2D eigenvalue weighted by Crippen LogP contribution is -2.23. The Morgan fingerprint density at radius 2 is 1.95 bits per heavy atom. The van der Waals surface area contributed by atoms with Crippen LogP contribution in [0.1, 0.15) is 24.9 Å². The van der Waals surface area contributed by atoms with E-state index < -0.39 is 0 Å². The SMILES string of the molecule is CCCNC1COc2cc(OC)c(OC)c(OC)c21. The summed E-state index contributed by atoms with van der Waals surface area (Å²) in [6.45, 7) is 3.67. The summed E-state index contributed by atoms with van der Waals surface area (Å²) in [5, 5.41) is 3.45. The third-order valence-electron chi connectivity index (χ3n) is 3.23. The summed E-state index contributed by atoms with van der Waals surface area (Å²) in [6.07, 6.45) is 1.07. The van der Waals surface area contributed by atoms with E-state index in [9.17, 15) is 0 Å². The maximum atomic E-state index is 5.71. The predicted molar refractivity (Wildman–Crippen MR) is 72.6 cm³/mol. The van der Waals surface area contributed by atoms with Gasteiger partial charge in [0.25, 0.3) is 0 Å². The van der Waals surface area contributed by atoms with E-state index >= 15 is 0 Å². The molecule has 0 amide bonds. The third-order valence-corrected chi connectivity index (χ3v) is 3.23. The highest BCUT2D eigenvalue weighted by Crippen LogP contribution is 2.50. The molecular formula is C14H21NO4. The van der Waals surface area contributed by atoms with Gasteiger partial charge >= 0.3 is 0 Å². The molecule has 0 radical (unpaired) electrons. The lowest BCUT2D eigenvalue weighted by Gasteiger charge is -2.18. The topological polar surface area (TPSA) is 49.0 Å². The zero-order valence-electron chi connectivity index (χ0n) is 11.9. The second kappa shape index (κ2) is 6.02. The fraction of sp³-hybridized carbons (Fsp3) is 0.571. The number of hydrogen-bond acceptors (Lipinski definition) is 5. The van der Waals surface area contributed by atoms with Crippen molar-refractivity contribution in [1.29, 1.82) is 0 Å². The number of fused-ring (bicyclic) bond motifs is 1. The molecule has 0 spiro atoms. The summed E-state index contributed by atoms with van der Waals surface area (Å²) in [7, 11) is 4.84. The molecule has 1 aliphatic heterocycles. The van der Waals surface area contributed by atoms with Crippen LogP contribution in [0, 0.1) is 0 Å². The molecule has 0 aromatic heterocycles. The first-order chi connectivity index (χ1) is 9.26. The highest BCUT2D eigenvalue weighted by Gasteiger charge is 2.32. The fourth-order valence-corrected chi connectivity index (χ4v) is 2.34. The minimum Gasteiger partial charge on any atom is -0.493 e. The molecule has 1 N–H and O–H groups in total. The van der Waals surface area contributed by atoms with E-state index in [2.05, 4.69) is 12.2 Å². The molecule has 19 heavy (non-hydrogen) atoms. The number of benzene rings is 1. The van der Waals surface area contributed by atoms with E-state index in [0.29, 0.717) is 23.9 Å². The Kier molecular flexibility index (Phi) is 4.37. The van der Waals surface area contributed by atoms with Gasteiger partial charge in [0, 0.05) is 6.07 Å². The van der Waals surface area contributed by atoms with Gasteiger partial charge in [-0.05, 0) is 13.0 Å². The van der Waals surface area contributed by atoms with Gasteiger partial charge in [-0.2, -0.15) is 0 Å². The molecule has 0 fully saturated rings. The molecule has 0 saturated heterocycles. The van der Waals surface area contributed by atoms with E-state index in [1.807, 2.05) is 6.07 Å². The Morgan fingerprint density at radius 1 is 1.21 bits per heavy atom. The molecule has 0 saturated carbocycles. The largest absolute Gasteiger partial charge is 0.493 e. The normalized spacial score (nSPS) is 16.7. The molecular weight excluding hydrogens is 246 g/mol. The van der Waals surface area contributed by atoms with Crippen LogP contribution < -0.4 is 24.3 Å². The monoisotopic (exact) mass is 267 g/mol. The van der Waals surface area contributed by atoms with Gasteiger partial charge in [0.15, 0.2) is 11.5 Å². The van der Waals surface area contributed by atoms with Crippen molar-refractivity contribution in [3.63, 3.8) is 0 Å². The standard InChI is InChI=1S/C14H21NO4/c1-5-6-15-9-8-19-10-7-11(16-2)13(17-3)14(18-4)12(9)10/h7,9,15H,5-6,8H2,1-4H3. The summed E-state index contributed by atoms with van der Waals surface area (Å²) < 4.78 is 21.9. The summed E-state index contributed by atoms with van der Waals surface area (Å²) in [4.78, 5) is 0. The van der Waals surface area contributed by atoms with E-state index in [-0.39, 0.29) is 6.04 Å². The van der Waals surface area contributed by atoms with Crippen LogP contribution in [0.2, 0.25) is 0 Å². The summed E-state index contributed by atoms with van der Waals surface area (Å²) in [6, 6.07) is 1.98. The van der Waals surface area contributed by atoms with Gasteiger partial charge in [0.2, 0.25) is 5.75 Å². The molecule has 1 aromatic rings. The molecule has 5 heteroatoms. The van der Waals surface area contributed by atoms with Crippen LogP contribution >= 0.6 is 0 Å². The van der Waals surface area contributed by atoms with E-state index in [4.69, 9.17) is 18.9 Å². The molecule has 1 aromatic carbocycles. The number of rotatable bonds is 6. The fourth-order valence-electron chi connectivity index (χ4n) is 2.34. The minimum atomic E-state index is 0.129. The molecule has 2 rings (SSSR count). The molecule has 1 atom stereocenters. The summed E-state index contributed by atoms with van der Waals surface area (Å²) in [5.41, 5.74) is 1.01. The van der Waals surface area contributed by atoms with Crippen LogP contribution in [0.15, 0.2) is 6.07 Å². The van der Waals surface area contributed by atoms with Gasteiger partial charge in [-0.25, -0.2) is 0 Å². The van der Waals surface area contributed by atoms with Crippen molar-refractivity contribution in [1.82, 2.24) is 5.32 Å². The first-order valence-corrected chi connectivity index (χ1v) is 6.45. The van der Waals surface area contributed by atoms with E-state index in [1.165, 1.54) is 0 Å². The lowest BCUT2D eigenvalue weighted by molar-refractivity contribution is 0.309. The quantitative estimate of drug-likeness (QED) is 0.855. The molecule has 0 bridgehead atoms. The van der Waals surface area contributed by atoms with Crippen molar-refractivity contribution in [2.75, 3.05) is 34.5 Å². The zero-order chi connectivity index (χ0) is 13.8. The molecule has 1 heterocycles. The van der Waals surface area contributed by atoms with Gasteiger partial charge in [0.1, 0.15) is 12.4 Å². The van der Waals surface area contributed by atoms with Crippen molar-refractivity contribution in [2.24, 2.45) is 0 Å². The van der Waals surface area contributed by atoms with Crippen molar-refractivity contribution < 1.29 is 18.9 Å². The smallest absolute Gasteiger partial charge is 0.203 e. The maximum absolute atomic E-state index is 5.71. The van der Waals surface area contributed by atoms with Gasteiger partial charge in [0.05, 0.1) is 32.9 Å². The Morgan fingerprint density at radius 3 is 2.53 bits per heavy atom. The Labute approximate surface area is 113 Å². The number of methoxy groups -OCH3 is 3. The van der Waals surface area contributed by atoms with E-state index in [1.54, 1.807) is 21.3 Å². The Balaban J connectivity index is 2.45. The highest BCUT2D eigenvalue weighted by atomic mass is 16.5. The van der Waals surface area contributed by atoms with Gasteiger partial charge in [-0.3, -0.25) is 0 Å². The van der Waals surface area contributed by atoms with Crippen LogP contribution in [-0.4, -0.2) is 34.5 Å². The number of nitrogens with one attached hydrogen (secondary N) is 1. The van der Waals surface area contributed by atoms with Gasteiger partial charge < -0.3 is 24.3 Å². The predicted octanol–water partition coefficient (Wildman–Crippen LogP) is 2.15. The Bertz CT molecular complexity index is 448. The lowest BCUT2D eigenvalue weighted by atomic mass is 10.1. The number of hydrogen-bond donors (Lipinski definition) is 1. The van der Waals surface area contributed by atoms with Crippen molar-refractivity contribution in [3.8, 4) is 23.0 Å². The molecule has 106 valence electrons. The van der Waals surface area contributed by atoms with Crippen LogP contribution in [0.5, 0.6) is 23.0 Å². The first kappa shape index (κ1) is 13.8. The number of ether oxygens (including phenoxy) is 4. The van der Waals surface area contributed by atoms with Crippen molar-refractivity contribution >= 4 is 0 Å². The summed E-state index contributed by atoms with van der Waals surface area (Å²) >= 11 is 0. The third kappa shape index (κ3) is 2.42. The van der Waals surface area contributed by atoms with E-state index in [0.717, 1.165) is 24.3 Å². The van der Waals surface area contributed by atoms with Crippen molar-refractivity contribution in [3.05, 3.63) is 11.6 Å².